The summed E-state index contributed by atoms with van der Waals surface area (Å²) in [5, 5.41) is 16.7. The van der Waals surface area contributed by atoms with E-state index in [2.05, 4.69) is 19.7 Å². The topological polar surface area (TPSA) is 66.1 Å². The van der Waals surface area contributed by atoms with Crippen LogP contribution in [0.15, 0.2) is 50.6 Å². The molecular formula is C12H15N5. The molecule has 0 aliphatic carbocycles. The normalized spacial score (nSPS) is 12.8. The second-order valence-electron chi connectivity index (χ2n) is 2.91. The minimum absolute atomic E-state index is 0.275. The second-order valence-corrected chi connectivity index (χ2v) is 2.91. The molecule has 0 atom stereocenters. The van der Waals surface area contributed by atoms with E-state index < -0.39 is 0 Å². The van der Waals surface area contributed by atoms with Crippen LogP contribution in [0.25, 0.3) is 0 Å². The highest BCUT2D eigenvalue weighted by Crippen LogP contribution is 2.18. The average molecular weight is 229 g/mol. The summed E-state index contributed by atoms with van der Waals surface area (Å²) in [6, 6.07) is 0. The van der Waals surface area contributed by atoms with Crippen molar-refractivity contribution in [2.45, 2.75) is 12.6 Å². The summed E-state index contributed by atoms with van der Waals surface area (Å²) in [4.78, 5) is 4.06. The van der Waals surface area contributed by atoms with E-state index in [-0.39, 0.29) is 6.17 Å². The molecule has 0 amide bonds. The Balaban J connectivity index is 0.000000437. The molecule has 0 saturated heterocycles. The molecule has 0 bridgehead atoms. The summed E-state index contributed by atoms with van der Waals surface area (Å²) < 4.78 is 0. The lowest BCUT2D eigenvalue weighted by molar-refractivity contribution is 0.249. The first-order chi connectivity index (χ1) is 8.24. The SMILES string of the molecule is C=CCC1N(C=C)C=CN1C=C.N#CNC#N. The van der Waals surface area contributed by atoms with Crippen LogP contribution in [0.5, 0.6) is 0 Å². The molecule has 0 radical (unpaired) electrons. The molecule has 1 rings (SSSR count). The number of nitrogens with one attached hydrogen (secondary N) is 1. The maximum atomic E-state index is 7.48. The van der Waals surface area contributed by atoms with Crippen molar-refractivity contribution in [3.8, 4) is 12.4 Å². The number of rotatable bonds is 4. The third-order valence-corrected chi connectivity index (χ3v) is 2.01. The van der Waals surface area contributed by atoms with Gasteiger partial charge in [-0.05, 0) is 12.4 Å². The number of hydrogen-bond donors (Lipinski definition) is 1. The molecule has 0 aromatic carbocycles. The van der Waals surface area contributed by atoms with E-state index in [0.717, 1.165) is 6.42 Å². The molecule has 0 aromatic rings. The van der Waals surface area contributed by atoms with Crippen molar-refractivity contribution in [2.24, 2.45) is 0 Å². The van der Waals surface area contributed by atoms with Crippen molar-refractivity contribution >= 4 is 0 Å². The minimum Gasteiger partial charge on any atom is -0.332 e. The molecule has 0 aromatic heterocycles. The lowest BCUT2D eigenvalue weighted by Gasteiger charge is -2.26. The van der Waals surface area contributed by atoms with Crippen molar-refractivity contribution in [3.05, 3.63) is 50.6 Å². The number of nitriles is 2. The third-order valence-electron chi connectivity index (χ3n) is 2.01. The van der Waals surface area contributed by atoms with Crippen molar-refractivity contribution in [3.63, 3.8) is 0 Å². The molecule has 0 spiro atoms. The Morgan fingerprint density at radius 1 is 1.12 bits per heavy atom. The molecule has 0 unspecified atom stereocenters. The maximum absolute atomic E-state index is 7.48. The standard InChI is InChI=1S/C10H14N2.C2HN3/c1-4-7-10-11(5-2)8-9-12(10)6-3;3-1-5-2-4/h4-6,8-10H,1-3,7H2;5H. The summed E-state index contributed by atoms with van der Waals surface area (Å²) in [5.74, 6) is 0. The lowest BCUT2D eigenvalue weighted by Crippen LogP contribution is -2.31. The Morgan fingerprint density at radius 2 is 1.59 bits per heavy atom. The van der Waals surface area contributed by atoms with Gasteiger partial charge in [0.25, 0.3) is 0 Å². The first-order valence-electron chi connectivity index (χ1n) is 4.87. The molecule has 0 saturated carbocycles. The van der Waals surface area contributed by atoms with Gasteiger partial charge in [-0.1, -0.05) is 19.2 Å². The fourth-order valence-corrected chi connectivity index (χ4v) is 1.29. The van der Waals surface area contributed by atoms with Gasteiger partial charge in [0.05, 0.1) is 0 Å². The smallest absolute Gasteiger partial charge is 0.190 e. The molecule has 1 aliphatic rings. The van der Waals surface area contributed by atoms with E-state index in [9.17, 15) is 0 Å². The van der Waals surface area contributed by atoms with Crippen molar-refractivity contribution < 1.29 is 0 Å². The van der Waals surface area contributed by atoms with Gasteiger partial charge in [-0.2, -0.15) is 10.5 Å². The molecule has 5 heteroatoms. The van der Waals surface area contributed by atoms with E-state index in [1.54, 1.807) is 17.7 Å². The zero-order valence-electron chi connectivity index (χ0n) is 9.58. The van der Waals surface area contributed by atoms with E-state index in [1.165, 1.54) is 12.4 Å². The largest absolute Gasteiger partial charge is 0.332 e. The Morgan fingerprint density at radius 3 is 1.82 bits per heavy atom. The van der Waals surface area contributed by atoms with Gasteiger partial charge in [0.2, 0.25) is 0 Å². The Kier molecular flexibility index (Phi) is 7.28. The first-order valence-corrected chi connectivity index (χ1v) is 4.87. The van der Waals surface area contributed by atoms with Gasteiger partial charge in [-0.15, -0.1) is 6.58 Å². The summed E-state index contributed by atoms with van der Waals surface area (Å²) in [6.45, 7) is 11.2. The van der Waals surface area contributed by atoms with E-state index >= 15 is 0 Å². The van der Waals surface area contributed by atoms with E-state index in [0.29, 0.717) is 0 Å². The zero-order chi connectivity index (χ0) is 13.1. The number of hydrogen-bond acceptors (Lipinski definition) is 5. The van der Waals surface area contributed by atoms with Gasteiger partial charge in [-0.25, -0.2) is 5.32 Å². The molecule has 1 heterocycles. The Labute approximate surface area is 102 Å². The zero-order valence-corrected chi connectivity index (χ0v) is 9.58. The second kappa shape index (κ2) is 8.63. The Bertz CT molecular complexity index is 341. The van der Waals surface area contributed by atoms with Crippen LogP contribution in [0.4, 0.5) is 0 Å². The molecule has 17 heavy (non-hydrogen) atoms. The molecule has 0 fully saturated rings. The summed E-state index contributed by atoms with van der Waals surface area (Å²) in [6.07, 6.45) is 13.4. The third kappa shape index (κ3) is 4.59. The molecule has 88 valence electrons. The number of nitrogens with zero attached hydrogens (tertiary/aromatic N) is 4. The predicted molar refractivity (Wildman–Crippen MR) is 66.2 cm³/mol. The van der Waals surface area contributed by atoms with Gasteiger partial charge in [0.15, 0.2) is 12.4 Å². The van der Waals surface area contributed by atoms with Crippen LogP contribution in [-0.4, -0.2) is 16.0 Å². The fraction of sp³-hybridized carbons (Fsp3) is 0.167. The summed E-state index contributed by atoms with van der Waals surface area (Å²) >= 11 is 0. The van der Waals surface area contributed by atoms with Gasteiger partial charge >= 0.3 is 0 Å². The Hall–Kier alpha value is -2.66. The van der Waals surface area contributed by atoms with E-state index in [1.807, 2.05) is 28.3 Å². The lowest BCUT2D eigenvalue weighted by atomic mass is 10.3. The van der Waals surface area contributed by atoms with Crippen LogP contribution in [0, 0.1) is 22.9 Å². The molecule has 1 N–H and O–H groups in total. The van der Waals surface area contributed by atoms with E-state index in [4.69, 9.17) is 10.5 Å². The average Bonchev–Trinajstić information content (AvgIpc) is 2.74. The van der Waals surface area contributed by atoms with Crippen molar-refractivity contribution in [1.82, 2.24) is 15.1 Å². The van der Waals surface area contributed by atoms with Gasteiger partial charge in [0.1, 0.15) is 6.17 Å². The molecular weight excluding hydrogens is 214 g/mol. The highest BCUT2D eigenvalue weighted by molar-refractivity contribution is 5.05. The summed E-state index contributed by atoms with van der Waals surface area (Å²) in [5.41, 5.74) is 0. The van der Waals surface area contributed by atoms with Gasteiger partial charge in [-0.3, -0.25) is 0 Å². The first kappa shape index (κ1) is 14.3. The van der Waals surface area contributed by atoms with Crippen LogP contribution in [0.2, 0.25) is 0 Å². The highest BCUT2D eigenvalue weighted by atomic mass is 15.4. The fourth-order valence-electron chi connectivity index (χ4n) is 1.29. The van der Waals surface area contributed by atoms with Crippen LogP contribution < -0.4 is 5.32 Å². The maximum Gasteiger partial charge on any atom is 0.190 e. The van der Waals surface area contributed by atoms with Crippen molar-refractivity contribution in [2.75, 3.05) is 0 Å². The quantitative estimate of drug-likeness (QED) is 0.452. The highest BCUT2D eigenvalue weighted by Gasteiger charge is 2.20. The minimum atomic E-state index is 0.275. The van der Waals surface area contributed by atoms with Gasteiger partial charge in [0, 0.05) is 18.8 Å². The van der Waals surface area contributed by atoms with Crippen molar-refractivity contribution in [1.29, 1.82) is 10.5 Å². The monoisotopic (exact) mass is 229 g/mol. The van der Waals surface area contributed by atoms with Gasteiger partial charge < -0.3 is 9.80 Å². The van der Waals surface area contributed by atoms with Crippen LogP contribution in [0.1, 0.15) is 6.42 Å². The predicted octanol–water partition coefficient (Wildman–Crippen LogP) is 1.80. The summed E-state index contributed by atoms with van der Waals surface area (Å²) in [7, 11) is 0. The molecule has 5 nitrogen and oxygen atoms in total. The molecule has 1 aliphatic heterocycles. The van der Waals surface area contributed by atoms with Crippen LogP contribution >= 0.6 is 0 Å². The van der Waals surface area contributed by atoms with Crippen LogP contribution in [0.3, 0.4) is 0 Å². The van der Waals surface area contributed by atoms with Crippen LogP contribution in [-0.2, 0) is 0 Å².